The lowest BCUT2D eigenvalue weighted by Gasteiger charge is -2.04. The van der Waals surface area contributed by atoms with Crippen LogP contribution in [0.25, 0.3) is 21.6 Å². The van der Waals surface area contributed by atoms with Crippen LogP contribution >= 0.6 is 11.3 Å². The predicted molar refractivity (Wildman–Crippen MR) is 76.2 cm³/mol. The third kappa shape index (κ3) is 1.90. The van der Waals surface area contributed by atoms with Crippen LogP contribution in [0.1, 0.15) is 6.92 Å². The molecule has 0 amide bonds. The topological polar surface area (TPSA) is 101 Å². The summed E-state index contributed by atoms with van der Waals surface area (Å²) in [7, 11) is 0. The summed E-state index contributed by atoms with van der Waals surface area (Å²) in [6, 6.07) is 1.71. The predicted octanol–water partition coefficient (Wildman–Crippen LogP) is 0.521. The van der Waals surface area contributed by atoms with Gasteiger partial charge in [0.05, 0.1) is 11.1 Å². The van der Waals surface area contributed by atoms with Gasteiger partial charge in [0.25, 0.3) is 11.1 Å². The van der Waals surface area contributed by atoms with Gasteiger partial charge in [-0.2, -0.15) is 0 Å². The molecule has 0 fully saturated rings. The molecule has 0 saturated heterocycles. The zero-order valence-corrected chi connectivity index (χ0v) is 11.3. The van der Waals surface area contributed by atoms with Gasteiger partial charge in [-0.25, -0.2) is 9.78 Å². The number of nitrogens with zero attached hydrogens (tertiary/aromatic N) is 2. The fourth-order valence-electron chi connectivity index (χ4n) is 1.91. The number of nitrogens with one attached hydrogen (secondary N) is 2. The van der Waals surface area contributed by atoms with E-state index in [-0.39, 0.29) is 16.9 Å². The van der Waals surface area contributed by atoms with E-state index in [0.29, 0.717) is 16.8 Å². The Balaban J connectivity index is 2.33. The van der Waals surface area contributed by atoms with E-state index in [4.69, 9.17) is 0 Å². The summed E-state index contributed by atoms with van der Waals surface area (Å²) in [5.41, 5.74) is -0.662. The van der Waals surface area contributed by atoms with E-state index in [1.807, 2.05) is 0 Å². The van der Waals surface area contributed by atoms with E-state index in [2.05, 4.69) is 15.0 Å². The Morgan fingerprint density at radius 3 is 2.80 bits per heavy atom. The standard InChI is InChI=1S/C12H10N4O3S/c1-2-16-5-6(10(17)15-12(16)19)9-13-7-3-4-20-8(7)11(18)14-9/h3-5H,2H2,1H3,(H,13,14,18)(H,15,17,19). The number of H-pyrrole nitrogens is 2. The molecule has 0 atom stereocenters. The molecule has 3 aromatic rings. The maximum atomic E-state index is 11.9. The number of hydrogen-bond donors (Lipinski definition) is 2. The van der Waals surface area contributed by atoms with Gasteiger partial charge < -0.3 is 9.55 Å². The van der Waals surface area contributed by atoms with E-state index in [9.17, 15) is 14.4 Å². The molecular weight excluding hydrogens is 280 g/mol. The molecule has 3 heterocycles. The maximum absolute atomic E-state index is 11.9. The summed E-state index contributed by atoms with van der Waals surface area (Å²) in [6.07, 6.45) is 1.40. The summed E-state index contributed by atoms with van der Waals surface area (Å²) >= 11 is 1.28. The number of aryl methyl sites for hydroxylation is 1. The van der Waals surface area contributed by atoms with E-state index >= 15 is 0 Å². The summed E-state index contributed by atoms with van der Waals surface area (Å²) in [5, 5.41) is 1.76. The van der Waals surface area contributed by atoms with Crippen molar-refractivity contribution in [3.05, 3.63) is 48.8 Å². The summed E-state index contributed by atoms with van der Waals surface area (Å²) in [5.74, 6) is 0.157. The molecule has 7 nitrogen and oxygen atoms in total. The lowest BCUT2D eigenvalue weighted by molar-refractivity contribution is 0.694. The summed E-state index contributed by atoms with van der Waals surface area (Å²) in [4.78, 5) is 44.3. The number of aromatic amines is 2. The molecule has 0 radical (unpaired) electrons. The normalized spacial score (nSPS) is 11.1. The van der Waals surface area contributed by atoms with Crippen molar-refractivity contribution in [2.75, 3.05) is 0 Å². The minimum absolute atomic E-state index is 0.157. The van der Waals surface area contributed by atoms with Crippen molar-refractivity contribution >= 4 is 21.6 Å². The Morgan fingerprint density at radius 1 is 1.25 bits per heavy atom. The van der Waals surface area contributed by atoms with Gasteiger partial charge in [-0.1, -0.05) is 0 Å². The first-order valence-electron chi connectivity index (χ1n) is 5.92. The van der Waals surface area contributed by atoms with Crippen molar-refractivity contribution in [3.63, 3.8) is 0 Å². The first-order valence-corrected chi connectivity index (χ1v) is 6.79. The van der Waals surface area contributed by atoms with Crippen LogP contribution in [0.15, 0.2) is 32.0 Å². The Hall–Kier alpha value is -2.48. The number of fused-ring (bicyclic) bond motifs is 1. The third-order valence-electron chi connectivity index (χ3n) is 2.92. The Labute approximate surface area is 115 Å². The number of hydrogen-bond acceptors (Lipinski definition) is 5. The van der Waals surface area contributed by atoms with Gasteiger partial charge in [0.15, 0.2) is 0 Å². The van der Waals surface area contributed by atoms with Crippen LogP contribution in [0.3, 0.4) is 0 Å². The van der Waals surface area contributed by atoms with Crippen molar-refractivity contribution in [2.45, 2.75) is 13.5 Å². The van der Waals surface area contributed by atoms with Gasteiger partial charge in [0.1, 0.15) is 10.5 Å². The van der Waals surface area contributed by atoms with E-state index in [1.165, 1.54) is 22.1 Å². The second-order valence-corrected chi connectivity index (χ2v) is 5.05. The van der Waals surface area contributed by atoms with Gasteiger partial charge >= 0.3 is 5.69 Å². The first kappa shape index (κ1) is 12.5. The molecule has 20 heavy (non-hydrogen) atoms. The van der Waals surface area contributed by atoms with Crippen molar-refractivity contribution in [1.82, 2.24) is 19.5 Å². The molecule has 0 saturated carbocycles. The zero-order chi connectivity index (χ0) is 14.3. The molecule has 0 aliphatic carbocycles. The number of thiophene rings is 1. The molecule has 0 aromatic carbocycles. The lowest BCUT2D eigenvalue weighted by atomic mass is 10.3. The van der Waals surface area contributed by atoms with Gasteiger partial charge in [-0.05, 0) is 18.4 Å². The summed E-state index contributed by atoms with van der Waals surface area (Å²) < 4.78 is 1.85. The zero-order valence-electron chi connectivity index (χ0n) is 10.5. The Kier molecular flexibility index (Phi) is 2.87. The molecule has 2 N–H and O–H groups in total. The Bertz CT molecular complexity index is 963. The fourth-order valence-corrected chi connectivity index (χ4v) is 2.64. The SMILES string of the molecule is CCn1cc(-c2nc3ccsc3c(=O)[nH]2)c(=O)[nH]c1=O. The van der Waals surface area contributed by atoms with Gasteiger partial charge in [0.2, 0.25) is 0 Å². The molecule has 0 spiro atoms. The van der Waals surface area contributed by atoms with E-state index in [1.54, 1.807) is 18.4 Å². The molecule has 3 rings (SSSR count). The molecule has 0 aliphatic rings. The van der Waals surface area contributed by atoms with E-state index in [0.717, 1.165) is 0 Å². The Morgan fingerprint density at radius 2 is 2.05 bits per heavy atom. The highest BCUT2D eigenvalue weighted by Gasteiger charge is 2.11. The van der Waals surface area contributed by atoms with Gasteiger partial charge in [-0.3, -0.25) is 14.6 Å². The second-order valence-electron chi connectivity index (χ2n) is 4.14. The minimum Gasteiger partial charge on any atom is -0.305 e. The maximum Gasteiger partial charge on any atom is 0.328 e. The third-order valence-corrected chi connectivity index (χ3v) is 3.82. The molecule has 102 valence electrons. The number of rotatable bonds is 2. The largest absolute Gasteiger partial charge is 0.328 e. The molecule has 0 aliphatic heterocycles. The first-order chi connectivity index (χ1) is 9.60. The molecule has 0 unspecified atom stereocenters. The highest BCUT2D eigenvalue weighted by atomic mass is 32.1. The van der Waals surface area contributed by atoms with Crippen molar-refractivity contribution in [3.8, 4) is 11.4 Å². The molecule has 3 aromatic heterocycles. The lowest BCUT2D eigenvalue weighted by Crippen LogP contribution is -2.30. The molecule has 0 bridgehead atoms. The van der Waals surface area contributed by atoms with Crippen LogP contribution in [-0.2, 0) is 6.54 Å². The molecular formula is C12H10N4O3S. The smallest absolute Gasteiger partial charge is 0.305 e. The van der Waals surface area contributed by atoms with Crippen molar-refractivity contribution in [1.29, 1.82) is 0 Å². The monoisotopic (exact) mass is 290 g/mol. The van der Waals surface area contributed by atoms with Crippen LogP contribution in [-0.4, -0.2) is 19.5 Å². The van der Waals surface area contributed by atoms with Gasteiger partial charge in [0, 0.05) is 12.7 Å². The van der Waals surface area contributed by atoms with Crippen LogP contribution < -0.4 is 16.8 Å². The molecule has 8 heteroatoms. The average molecular weight is 290 g/mol. The van der Waals surface area contributed by atoms with E-state index < -0.39 is 11.2 Å². The quantitative estimate of drug-likeness (QED) is 0.718. The highest BCUT2D eigenvalue weighted by Crippen LogP contribution is 2.16. The van der Waals surface area contributed by atoms with Crippen LogP contribution in [0, 0.1) is 0 Å². The van der Waals surface area contributed by atoms with Crippen molar-refractivity contribution in [2.24, 2.45) is 0 Å². The number of aromatic nitrogens is 4. The highest BCUT2D eigenvalue weighted by molar-refractivity contribution is 7.17. The van der Waals surface area contributed by atoms with Crippen LogP contribution in [0.5, 0.6) is 0 Å². The van der Waals surface area contributed by atoms with Gasteiger partial charge in [-0.15, -0.1) is 11.3 Å². The minimum atomic E-state index is -0.572. The van der Waals surface area contributed by atoms with Crippen molar-refractivity contribution < 1.29 is 0 Å². The fraction of sp³-hybridized carbons (Fsp3) is 0.167. The summed E-state index contributed by atoms with van der Waals surface area (Å²) in [6.45, 7) is 2.19. The van der Waals surface area contributed by atoms with Crippen LogP contribution in [0.4, 0.5) is 0 Å². The second kappa shape index (κ2) is 4.57. The van der Waals surface area contributed by atoms with Crippen LogP contribution in [0.2, 0.25) is 0 Å². The average Bonchev–Trinajstić information content (AvgIpc) is 2.87.